The van der Waals surface area contributed by atoms with Crippen LogP contribution in [0.4, 0.5) is 0 Å². The number of ether oxygens (including phenoxy) is 1. The Balaban J connectivity index is 1.70. The summed E-state index contributed by atoms with van der Waals surface area (Å²) >= 11 is 0. The lowest BCUT2D eigenvalue weighted by Gasteiger charge is -2.16. The van der Waals surface area contributed by atoms with E-state index in [1.165, 1.54) is 6.20 Å². The van der Waals surface area contributed by atoms with Gasteiger partial charge in [0.25, 0.3) is 5.91 Å². The highest BCUT2D eigenvalue weighted by Gasteiger charge is 2.14. The summed E-state index contributed by atoms with van der Waals surface area (Å²) in [5.41, 5.74) is 8.10. The molecule has 0 fully saturated rings. The number of carbonyl (C=O) groups is 1. The second kappa shape index (κ2) is 7.06. The zero-order chi connectivity index (χ0) is 16.9. The summed E-state index contributed by atoms with van der Waals surface area (Å²) in [6, 6.07) is 12.6. The fourth-order valence-electron chi connectivity index (χ4n) is 2.48. The molecule has 2 heterocycles. The number of para-hydroxylation sites is 1. The molecule has 0 radical (unpaired) electrons. The predicted molar refractivity (Wildman–Crippen MR) is 91.8 cm³/mol. The van der Waals surface area contributed by atoms with E-state index < -0.39 is 0 Å². The smallest absolute Gasteiger partial charge is 0.252 e. The highest BCUT2D eigenvalue weighted by molar-refractivity contribution is 5.96. The van der Waals surface area contributed by atoms with Gasteiger partial charge in [-0.15, -0.1) is 0 Å². The zero-order valence-corrected chi connectivity index (χ0v) is 13.3. The first-order valence-electron chi connectivity index (χ1n) is 7.56. The maximum atomic E-state index is 12.3. The van der Waals surface area contributed by atoms with E-state index in [1.807, 2.05) is 36.4 Å². The lowest BCUT2D eigenvalue weighted by Crippen LogP contribution is -2.32. The van der Waals surface area contributed by atoms with Gasteiger partial charge in [0.05, 0.1) is 18.7 Å². The second-order valence-electron chi connectivity index (χ2n) is 5.33. The SMILES string of the molecule is COc1ccccc1C(N)CNC(=O)c1cnc2ncccc2c1. The largest absolute Gasteiger partial charge is 0.496 e. The maximum absolute atomic E-state index is 12.3. The number of nitrogens with one attached hydrogen (secondary N) is 1. The van der Waals surface area contributed by atoms with Crippen LogP contribution in [0, 0.1) is 0 Å². The van der Waals surface area contributed by atoms with Gasteiger partial charge in [-0.25, -0.2) is 9.97 Å². The Kier molecular flexibility index (Phi) is 4.67. The number of pyridine rings is 2. The number of nitrogens with zero attached hydrogens (tertiary/aromatic N) is 2. The Morgan fingerprint density at radius 2 is 2.08 bits per heavy atom. The number of hydrogen-bond acceptors (Lipinski definition) is 5. The Bertz CT molecular complexity index is 866. The van der Waals surface area contributed by atoms with Gasteiger partial charge in [-0.1, -0.05) is 18.2 Å². The van der Waals surface area contributed by atoms with Crippen molar-refractivity contribution in [2.24, 2.45) is 5.73 Å². The third kappa shape index (κ3) is 3.33. The average Bonchev–Trinajstić information content (AvgIpc) is 2.65. The summed E-state index contributed by atoms with van der Waals surface area (Å²) < 4.78 is 5.30. The van der Waals surface area contributed by atoms with Crippen LogP contribution in [-0.4, -0.2) is 29.5 Å². The molecule has 0 aliphatic heterocycles. The van der Waals surface area contributed by atoms with Crippen LogP contribution in [0.15, 0.2) is 54.9 Å². The maximum Gasteiger partial charge on any atom is 0.252 e. The van der Waals surface area contributed by atoms with Gasteiger partial charge in [-0.05, 0) is 24.3 Å². The molecule has 2 aromatic heterocycles. The van der Waals surface area contributed by atoms with Gasteiger partial charge in [-0.3, -0.25) is 4.79 Å². The predicted octanol–water partition coefficient (Wildman–Crippen LogP) is 2.07. The molecular weight excluding hydrogens is 304 g/mol. The van der Waals surface area contributed by atoms with Crippen LogP contribution in [0.2, 0.25) is 0 Å². The van der Waals surface area contributed by atoms with Gasteiger partial charge < -0.3 is 15.8 Å². The van der Waals surface area contributed by atoms with Crippen molar-refractivity contribution in [3.05, 3.63) is 66.0 Å². The van der Waals surface area contributed by atoms with E-state index in [-0.39, 0.29) is 11.9 Å². The van der Waals surface area contributed by atoms with Gasteiger partial charge in [0.2, 0.25) is 0 Å². The van der Waals surface area contributed by atoms with Crippen LogP contribution >= 0.6 is 0 Å². The van der Waals surface area contributed by atoms with Gasteiger partial charge in [0.15, 0.2) is 5.65 Å². The zero-order valence-electron chi connectivity index (χ0n) is 13.3. The molecule has 3 aromatic rings. The third-order valence-corrected chi connectivity index (χ3v) is 3.74. The molecule has 1 unspecified atom stereocenters. The molecule has 0 aliphatic rings. The van der Waals surface area contributed by atoms with Crippen molar-refractivity contribution in [3.63, 3.8) is 0 Å². The molecule has 6 heteroatoms. The van der Waals surface area contributed by atoms with Crippen LogP contribution < -0.4 is 15.8 Å². The minimum atomic E-state index is -0.361. The Labute approximate surface area is 139 Å². The van der Waals surface area contributed by atoms with Gasteiger partial charge >= 0.3 is 0 Å². The van der Waals surface area contributed by atoms with Crippen LogP contribution in [0.5, 0.6) is 5.75 Å². The summed E-state index contributed by atoms with van der Waals surface area (Å²) in [6.07, 6.45) is 3.18. The molecule has 0 bridgehead atoms. The van der Waals surface area contributed by atoms with Gasteiger partial charge in [0, 0.05) is 29.9 Å². The van der Waals surface area contributed by atoms with Crippen molar-refractivity contribution in [1.82, 2.24) is 15.3 Å². The first kappa shape index (κ1) is 15.9. The fourth-order valence-corrected chi connectivity index (χ4v) is 2.48. The number of aromatic nitrogens is 2. The van der Waals surface area contributed by atoms with Gasteiger partial charge in [-0.2, -0.15) is 0 Å². The first-order chi connectivity index (χ1) is 11.7. The van der Waals surface area contributed by atoms with Crippen LogP contribution in [0.3, 0.4) is 0 Å². The topological polar surface area (TPSA) is 90.1 Å². The quantitative estimate of drug-likeness (QED) is 0.750. The average molecular weight is 322 g/mol. The molecule has 0 saturated carbocycles. The molecular formula is C18H18N4O2. The van der Waals surface area contributed by atoms with E-state index in [0.717, 1.165) is 10.9 Å². The minimum Gasteiger partial charge on any atom is -0.496 e. The van der Waals surface area contributed by atoms with E-state index in [0.29, 0.717) is 23.5 Å². The molecule has 24 heavy (non-hydrogen) atoms. The lowest BCUT2D eigenvalue weighted by molar-refractivity contribution is 0.0951. The molecule has 3 rings (SSSR count). The summed E-state index contributed by atoms with van der Waals surface area (Å²) in [5, 5.41) is 3.65. The monoisotopic (exact) mass is 322 g/mol. The van der Waals surface area contributed by atoms with Crippen molar-refractivity contribution >= 4 is 16.9 Å². The summed E-state index contributed by atoms with van der Waals surface area (Å²) in [4.78, 5) is 20.6. The number of methoxy groups -OCH3 is 1. The fraction of sp³-hybridized carbons (Fsp3) is 0.167. The summed E-state index contributed by atoms with van der Waals surface area (Å²) in [5.74, 6) is 0.483. The summed E-state index contributed by atoms with van der Waals surface area (Å²) in [6.45, 7) is 0.296. The van der Waals surface area contributed by atoms with E-state index in [9.17, 15) is 4.79 Å². The van der Waals surface area contributed by atoms with Crippen LogP contribution in [0.25, 0.3) is 11.0 Å². The van der Waals surface area contributed by atoms with Crippen molar-refractivity contribution in [3.8, 4) is 5.75 Å². The molecule has 0 saturated heterocycles. The highest BCUT2D eigenvalue weighted by Crippen LogP contribution is 2.22. The molecule has 1 atom stereocenters. The van der Waals surface area contributed by atoms with E-state index >= 15 is 0 Å². The first-order valence-corrected chi connectivity index (χ1v) is 7.56. The normalized spacial score (nSPS) is 11.9. The lowest BCUT2D eigenvalue weighted by atomic mass is 10.1. The Morgan fingerprint density at radius 1 is 1.25 bits per heavy atom. The van der Waals surface area contributed by atoms with Crippen molar-refractivity contribution < 1.29 is 9.53 Å². The Hall–Kier alpha value is -2.99. The molecule has 0 aliphatic carbocycles. The number of carbonyl (C=O) groups excluding carboxylic acids is 1. The number of amides is 1. The third-order valence-electron chi connectivity index (χ3n) is 3.74. The molecule has 122 valence electrons. The molecule has 3 N–H and O–H groups in total. The number of benzene rings is 1. The van der Waals surface area contributed by atoms with E-state index in [2.05, 4.69) is 15.3 Å². The second-order valence-corrected chi connectivity index (χ2v) is 5.33. The molecule has 6 nitrogen and oxygen atoms in total. The molecule has 1 aromatic carbocycles. The number of nitrogens with two attached hydrogens (primary N) is 1. The number of fused-ring (bicyclic) bond motifs is 1. The Morgan fingerprint density at radius 3 is 2.92 bits per heavy atom. The number of hydrogen-bond donors (Lipinski definition) is 2. The molecule has 0 spiro atoms. The number of rotatable bonds is 5. The van der Waals surface area contributed by atoms with Crippen molar-refractivity contribution in [2.75, 3.05) is 13.7 Å². The van der Waals surface area contributed by atoms with Crippen molar-refractivity contribution in [2.45, 2.75) is 6.04 Å². The standard InChI is InChI=1S/C18H18N4O2/c1-24-16-7-3-2-6-14(16)15(19)11-22-18(23)13-9-12-5-4-8-20-17(12)21-10-13/h2-10,15H,11,19H2,1H3,(H,22,23). The van der Waals surface area contributed by atoms with Crippen LogP contribution in [-0.2, 0) is 0 Å². The minimum absolute atomic E-state index is 0.224. The van der Waals surface area contributed by atoms with E-state index in [4.69, 9.17) is 10.5 Å². The van der Waals surface area contributed by atoms with Crippen molar-refractivity contribution in [1.29, 1.82) is 0 Å². The summed E-state index contributed by atoms with van der Waals surface area (Å²) in [7, 11) is 1.60. The molecule has 1 amide bonds. The van der Waals surface area contributed by atoms with E-state index in [1.54, 1.807) is 19.4 Å². The van der Waals surface area contributed by atoms with Crippen LogP contribution in [0.1, 0.15) is 22.0 Å². The van der Waals surface area contributed by atoms with Gasteiger partial charge in [0.1, 0.15) is 5.75 Å². The highest BCUT2D eigenvalue weighted by atomic mass is 16.5.